The van der Waals surface area contributed by atoms with E-state index in [2.05, 4.69) is 189 Å². The Morgan fingerprint density at radius 3 is 0.844 bits per heavy atom. The molecule has 0 bridgehead atoms. The first-order chi connectivity index (χ1) is 58.4. The Bertz CT molecular complexity index is 4490. The summed E-state index contributed by atoms with van der Waals surface area (Å²) in [4.78, 5) is 0. The Hall–Kier alpha value is -6.07. The van der Waals surface area contributed by atoms with E-state index in [1.165, 1.54) is 20.7 Å². The normalized spacial score (nSPS) is 22.0. The van der Waals surface area contributed by atoms with E-state index >= 15 is 0 Å². The number of hydrogen-bond acceptors (Lipinski definition) is 16. The fourth-order valence-corrected chi connectivity index (χ4v) is 39.1. The summed E-state index contributed by atoms with van der Waals surface area (Å²) < 4.78 is 98.7. The van der Waals surface area contributed by atoms with Crippen molar-refractivity contribution < 1.29 is 54.8 Å². The minimum atomic E-state index is -3.76. The molecule has 2 N–H and O–H groups in total. The van der Waals surface area contributed by atoms with Gasteiger partial charge in [-0.2, -0.15) is 8.61 Å². The molecule has 6 aliphatic rings. The highest BCUT2D eigenvalue weighted by Gasteiger charge is 2.61. The van der Waals surface area contributed by atoms with Gasteiger partial charge in [0.15, 0.2) is 0 Å². The van der Waals surface area contributed by atoms with E-state index in [0.29, 0.717) is 26.1 Å². The van der Waals surface area contributed by atoms with Crippen molar-refractivity contribution in [2.24, 2.45) is 47.3 Å². The van der Waals surface area contributed by atoms with Crippen molar-refractivity contribution >= 4 is 104 Å². The van der Waals surface area contributed by atoms with E-state index in [4.69, 9.17) is 27.8 Å². The third-order valence-corrected chi connectivity index (χ3v) is 48.6. The smallest absolute Gasteiger partial charge is 0.261 e. The number of sulfonamides is 2. The highest BCUT2D eigenvalue weighted by Crippen LogP contribution is 2.60. The zero-order valence-corrected chi connectivity index (χ0v) is 80.8. The number of methoxy groups -OCH3 is 4. The lowest BCUT2D eigenvalue weighted by Crippen LogP contribution is -2.67. The maximum atomic E-state index is 14.7. The maximum absolute atomic E-state index is 14.7. The first kappa shape index (κ1) is 93.6. The van der Waals surface area contributed by atoms with E-state index in [-0.39, 0.29) is 92.8 Å². The Balaban J connectivity index is 0.000000210. The number of allylic oxidation sites excluding steroid dienone is 2. The Kier molecular flexibility index (Phi) is 31.1. The molecule has 2 saturated carbocycles. The van der Waals surface area contributed by atoms with Gasteiger partial charge in [0.25, 0.3) is 16.6 Å². The van der Waals surface area contributed by atoms with Crippen molar-refractivity contribution in [1.29, 1.82) is 0 Å². The molecule has 0 radical (unpaired) electrons. The molecule has 12 atom stereocenters. The van der Waals surface area contributed by atoms with Crippen molar-refractivity contribution in [3.05, 3.63) is 264 Å². The van der Waals surface area contributed by atoms with Crippen molar-refractivity contribution in [2.45, 2.75) is 188 Å². The Morgan fingerprint density at radius 1 is 0.385 bits per heavy atom. The summed E-state index contributed by atoms with van der Waals surface area (Å²) in [6.07, 6.45) is 12.1. The quantitative estimate of drug-likeness (QED) is 0.0280. The number of hydrogen-bond donors (Lipinski definition) is 2. The van der Waals surface area contributed by atoms with Crippen molar-refractivity contribution in [2.75, 3.05) is 64.7 Å². The van der Waals surface area contributed by atoms with Gasteiger partial charge >= 0.3 is 0 Å². The van der Waals surface area contributed by atoms with Crippen LogP contribution in [0.25, 0.3) is 0 Å². The molecular weight excluding hydrogens is 1670 g/mol. The molecule has 2 aliphatic heterocycles. The lowest BCUT2D eigenvalue weighted by molar-refractivity contribution is -0.0645. The van der Waals surface area contributed by atoms with Gasteiger partial charge in [-0.05, 0) is 248 Å². The Morgan fingerprint density at radius 2 is 0.631 bits per heavy atom. The molecule has 14 nitrogen and oxygen atoms in total. The largest absolute Gasteiger partial charge is 0.497 e. The fraction of sp³-hybridized carbons (Fsp3) is 0.480. The van der Waals surface area contributed by atoms with E-state index in [9.17, 15) is 27.0 Å². The zero-order chi connectivity index (χ0) is 86.8. The highest BCUT2D eigenvalue weighted by molar-refractivity contribution is 8.18. The van der Waals surface area contributed by atoms with Crippen LogP contribution in [0.1, 0.15) is 143 Å². The van der Waals surface area contributed by atoms with Crippen LogP contribution in [0.3, 0.4) is 0 Å². The number of aliphatic hydroxyl groups is 2. The lowest BCUT2D eigenvalue weighted by Gasteiger charge is -2.55. The monoisotopic (exact) mass is 1800 g/mol. The second-order valence-corrected chi connectivity index (χ2v) is 55.2. The number of nitrogens with zero attached hydrogens (tertiary/aromatic N) is 2. The SMILES string of the molecule is COc1ccc(CN(Cc2ccc(OC)cc2)S(=O)(=O)[C@H](C)[C@@H](C)[C@H]2C=C([C@@](O)(C3SCCCS3)[C@@H]3CC[C@H]3CO[Si](c3ccccc3)(c3ccccc3)C(C)(C)C)C2)cc1.COc1ccc(CN(Cc2ccc(OC)cc2)S(=O)(=O)[C@H](C)[C@@H](C)[C@H]2C=C([C@](O)(C3SCCCS3)[C@@H]3CC[C@H]3CO[Si](c3ccccc3)(c3ccccc3)C(C)(C)C)C2)cc1. The second-order valence-electron chi connectivity index (χ2n) is 36.6. The standard InChI is InChI=1S/2C50H65NO6S3Si/c2*1-36(37(2)60(53,54)51(33-38-19-24-43(55-6)25-20-38)34-39-21-26-44(56-7)27-22-39)41-31-42(32-41)50(52,48-58-29-14-30-59-48)47-28-23-40(47)35-57-61(49(3,4)5,45-15-10-8-11-16-45)46-17-12-9-13-18-46/h2*8-13,15-22,24-27,31,36-37,40-41,47-48,52H,14,23,28-30,32-35H2,1-7H3/t36-,37-,40+,41+,47-,50+;36-,37-,40+,41+,47-,50-/m11/s1. The summed E-state index contributed by atoms with van der Waals surface area (Å²) in [7, 11) is -6.51. The minimum Gasteiger partial charge on any atom is -0.497 e. The predicted molar refractivity (Wildman–Crippen MR) is 514 cm³/mol. The molecule has 2 heterocycles. The summed E-state index contributed by atoms with van der Waals surface area (Å²) in [6, 6.07) is 73.7. The average molecular weight is 1800 g/mol. The van der Waals surface area contributed by atoms with Gasteiger partial charge in [-0.1, -0.05) is 237 Å². The van der Waals surface area contributed by atoms with Gasteiger partial charge in [0.1, 0.15) is 34.2 Å². The van der Waals surface area contributed by atoms with Crippen LogP contribution in [-0.4, -0.2) is 148 Å². The van der Waals surface area contributed by atoms with Crippen molar-refractivity contribution in [3.8, 4) is 23.0 Å². The molecule has 4 fully saturated rings. The van der Waals surface area contributed by atoms with E-state index < -0.39 is 58.4 Å². The minimum absolute atomic E-state index is 0.0371. The van der Waals surface area contributed by atoms with Crippen LogP contribution in [0.2, 0.25) is 10.1 Å². The van der Waals surface area contributed by atoms with Crippen LogP contribution < -0.4 is 39.7 Å². The van der Waals surface area contributed by atoms with E-state index in [1.807, 2.05) is 158 Å². The molecule has 0 spiro atoms. The molecule has 8 aromatic rings. The molecule has 8 aromatic carbocycles. The van der Waals surface area contributed by atoms with E-state index in [1.54, 1.807) is 37.0 Å². The van der Waals surface area contributed by atoms with Crippen LogP contribution >= 0.6 is 47.0 Å². The molecule has 122 heavy (non-hydrogen) atoms. The molecule has 14 rings (SSSR count). The molecule has 0 unspecified atom stereocenters. The average Bonchev–Trinajstić information content (AvgIpc) is 0.727. The first-order valence-electron chi connectivity index (χ1n) is 43.8. The highest BCUT2D eigenvalue weighted by atomic mass is 32.2. The van der Waals surface area contributed by atoms with Crippen molar-refractivity contribution in [3.63, 3.8) is 0 Å². The molecule has 656 valence electrons. The third-order valence-electron chi connectivity index (χ3n) is 27.5. The second kappa shape index (κ2) is 40.5. The maximum Gasteiger partial charge on any atom is 0.261 e. The predicted octanol–water partition coefficient (Wildman–Crippen LogP) is 19.1. The topological polar surface area (TPSA) is 171 Å². The number of ether oxygens (including phenoxy) is 4. The summed E-state index contributed by atoms with van der Waals surface area (Å²) in [6.45, 7) is 24.0. The van der Waals surface area contributed by atoms with Crippen LogP contribution in [0.15, 0.2) is 242 Å². The van der Waals surface area contributed by atoms with Gasteiger partial charge < -0.3 is 38.0 Å². The fourth-order valence-electron chi connectivity index (χ4n) is 19.4. The molecule has 0 aromatic heterocycles. The molecule has 2 saturated heterocycles. The van der Waals surface area contributed by atoms with Crippen LogP contribution in [0.5, 0.6) is 23.0 Å². The summed E-state index contributed by atoms with van der Waals surface area (Å²) in [5.74, 6) is 7.42. The third kappa shape index (κ3) is 19.9. The van der Waals surface area contributed by atoms with Crippen molar-refractivity contribution in [1.82, 2.24) is 8.61 Å². The molecule has 0 amide bonds. The summed E-state index contributed by atoms with van der Waals surface area (Å²) >= 11 is 7.60. The summed E-state index contributed by atoms with van der Waals surface area (Å²) in [5, 5.41) is 30.1. The van der Waals surface area contributed by atoms with Gasteiger partial charge in [-0.3, -0.25) is 0 Å². The first-order valence-corrected chi connectivity index (χ1v) is 54.8. The number of benzene rings is 8. The van der Waals surface area contributed by atoms with Gasteiger partial charge in [-0.25, -0.2) is 16.8 Å². The van der Waals surface area contributed by atoms with Gasteiger partial charge in [-0.15, -0.1) is 47.0 Å². The van der Waals surface area contributed by atoms with Crippen LogP contribution in [0.4, 0.5) is 0 Å². The van der Waals surface area contributed by atoms with Crippen LogP contribution in [-0.2, 0) is 55.1 Å². The lowest BCUT2D eigenvalue weighted by atomic mass is 9.59. The molecule has 4 aliphatic carbocycles. The number of thioether (sulfide) groups is 4. The van der Waals surface area contributed by atoms with Crippen LogP contribution in [0, 0.1) is 47.3 Å². The molecular formula is C100H130N2O12S6Si2. The Labute approximate surface area is 748 Å². The molecule has 22 heteroatoms. The number of rotatable bonds is 36. The summed E-state index contributed by atoms with van der Waals surface area (Å²) in [5.41, 5.74) is 3.79. The van der Waals surface area contributed by atoms with Gasteiger partial charge in [0, 0.05) is 39.4 Å². The van der Waals surface area contributed by atoms with Gasteiger partial charge in [0.2, 0.25) is 20.0 Å². The zero-order valence-electron chi connectivity index (χ0n) is 73.9. The van der Waals surface area contributed by atoms with Gasteiger partial charge in [0.05, 0.1) is 48.1 Å². The van der Waals surface area contributed by atoms with E-state index in [0.717, 1.165) is 118 Å².